The molecule has 0 aromatic rings. The van der Waals surface area contributed by atoms with E-state index in [9.17, 15) is 0 Å². The molecule has 1 aliphatic carbocycles. The van der Waals surface area contributed by atoms with Crippen molar-refractivity contribution in [1.82, 2.24) is 0 Å². The van der Waals surface area contributed by atoms with E-state index in [-0.39, 0.29) is 32.7 Å². The zero-order valence-corrected chi connectivity index (χ0v) is 23.8. The van der Waals surface area contributed by atoms with E-state index in [2.05, 4.69) is 41.0 Å². The van der Waals surface area contributed by atoms with Gasteiger partial charge in [-0.05, 0) is 0 Å². The van der Waals surface area contributed by atoms with E-state index < -0.39 is 0 Å². The van der Waals surface area contributed by atoms with Crippen molar-refractivity contribution < 1.29 is 32.7 Å². The van der Waals surface area contributed by atoms with Gasteiger partial charge in [0.05, 0.1) is 0 Å². The fourth-order valence-electron chi connectivity index (χ4n) is 5.64. The average molecular weight is 480 g/mol. The molecule has 1 fully saturated rings. The summed E-state index contributed by atoms with van der Waals surface area (Å²) in [5.74, 6) is 5.65. The van der Waals surface area contributed by atoms with Gasteiger partial charge in [0, 0.05) is 32.7 Å². The summed E-state index contributed by atoms with van der Waals surface area (Å²) in [5, 5.41) is 0. The monoisotopic (exact) mass is 479 g/mol. The molecule has 0 spiro atoms. The topological polar surface area (TPSA) is 0 Å². The molecule has 0 aromatic carbocycles. The van der Waals surface area contributed by atoms with Crippen molar-refractivity contribution in [2.45, 2.75) is 144 Å². The molecule has 0 aromatic heterocycles. The molecule has 4 atom stereocenters. The van der Waals surface area contributed by atoms with E-state index >= 15 is 0 Å². The van der Waals surface area contributed by atoms with Gasteiger partial charge in [0.1, 0.15) is 0 Å². The van der Waals surface area contributed by atoms with Crippen LogP contribution in [0.25, 0.3) is 0 Å². The summed E-state index contributed by atoms with van der Waals surface area (Å²) in [6.07, 6.45) is 26.9. The Morgan fingerprint density at radius 2 is 1.34 bits per heavy atom. The molecule has 0 heterocycles. The van der Waals surface area contributed by atoms with E-state index in [1.807, 2.05) is 5.92 Å². The number of rotatable bonds is 17. The minimum atomic E-state index is 0. The van der Waals surface area contributed by atoms with Crippen molar-refractivity contribution in [1.29, 1.82) is 0 Å². The molecule has 1 saturated carbocycles. The smallest absolute Gasteiger partial charge is 0 e. The minimum Gasteiger partial charge on any atom is -0.325 e. The molecule has 0 saturated heterocycles. The molecule has 0 amide bonds. The van der Waals surface area contributed by atoms with Crippen molar-refractivity contribution in [2.75, 3.05) is 0 Å². The maximum Gasteiger partial charge on any atom is 0 e. The predicted molar refractivity (Wildman–Crippen MR) is 128 cm³/mol. The molecule has 0 N–H and O–H groups in total. The van der Waals surface area contributed by atoms with Gasteiger partial charge in [0.2, 0.25) is 0 Å². The van der Waals surface area contributed by atoms with Crippen LogP contribution in [0, 0.1) is 36.0 Å². The Morgan fingerprint density at radius 1 is 0.759 bits per heavy atom. The summed E-state index contributed by atoms with van der Waals surface area (Å²) < 4.78 is 0. The van der Waals surface area contributed by atoms with Crippen LogP contribution in [-0.4, -0.2) is 0 Å². The Hall–Kier alpha value is 1.10. The average Bonchev–Trinajstić information content (AvgIpc) is 2.70. The third kappa shape index (κ3) is 12.7. The van der Waals surface area contributed by atoms with E-state index in [1.165, 1.54) is 109 Å². The second kappa shape index (κ2) is 19.8. The largest absolute Gasteiger partial charge is 0.325 e. The standard InChI is InChI=1S/C28H54.Y/c1-6-10-12-14-18-25(19-15-13-11-7-2)27(16-8-3)28(17-9-4)26-22-20-24(5)21-23-26;/h22,24,26-28H,6-21,23H2,1-5H3;/q-2;. The van der Waals surface area contributed by atoms with Gasteiger partial charge in [-0.15, -0.1) is 0 Å². The zero-order chi connectivity index (χ0) is 20.6. The van der Waals surface area contributed by atoms with Crippen molar-refractivity contribution >= 4 is 0 Å². The molecule has 1 aliphatic rings. The van der Waals surface area contributed by atoms with Gasteiger partial charge in [0.25, 0.3) is 0 Å². The van der Waals surface area contributed by atoms with Crippen LogP contribution in [0.5, 0.6) is 0 Å². The molecular weight excluding hydrogens is 425 g/mol. The number of unbranched alkanes of at least 4 members (excludes halogenated alkanes) is 6. The van der Waals surface area contributed by atoms with Crippen LogP contribution >= 0.6 is 0 Å². The zero-order valence-electron chi connectivity index (χ0n) is 21.0. The van der Waals surface area contributed by atoms with Crippen LogP contribution in [-0.2, 0) is 32.7 Å². The van der Waals surface area contributed by atoms with E-state index in [4.69, 9.17) is 0 Å². The Bertz CT molecular complexity index is 319. The molecule has 171 valence electrons. The van der Waals surface area contributed by atoms with E-state index in [0.29, 0.717) is 0 Å². The molecule has 29 heavy (non-hydrogen) atoms. The maximum absolute atomic E-state index is 2.75. The second-order valence-electron chi connectivity index (χ2n) is 9.95. The van der Waals surface area contributed by atoms with Crippen LogP contribution in [0.4, 0.5) is 0 Å². The molecule has 1 rings (SSSR count). The first-order valence-electron chi connectivity index (χ1n) is 13.4. The van der Waals surface area contributed by atoms with Crippen LogP contribution in [0.1, 0.15) is 144 Å². The van der Waals surface area contributed by atoms with Crippen molar-refractivity contribution in [3.8, 4) is 0 Å². The summed E-state index contributed by atoms with van der Waals surface area (Å²) in [5.41, 5.74) is 0. The first kappa shape index (κ1) is 30.1. The normalized spacial score (nSPS) is 21.7. The van der Waals surface area contributed by atoms with Crippen LogP contribution in [0.15, 0.2) is 0 Å². The van der Waals surface area contributed by atoms with Gasteiger partial charge in [-0.2, -0.15) is 31.1 Å². The van der Waals surface area contributed by atoms with Crippen molar-refractivity contribution in [3.63, 3.8) is 0 Å². The van der Waals surface area contributed by atoms with Crippen LogP contribution < -0.4 is 0 Å². The van der Waals surface area contributed by atoms with Gasteiger partial charge < -0.3 is 12.3 Å². The fraction of sp³-hybridized carbons (Fsp3) is 0.929. The maximum atomic E-state index is 2.75. The molecule has 0 aliphatic heterocycles. The molecule has 1 heteroatoms. The first-order valence-corrected chi connectivity index (χ1v) is 13.4. The predicted octanol–water partition coefficient (Wildman–Crippen LogP) is 9.97. The second-order valence-corrected chi connectivity index (χ2v) is 9.95. The van der Waals surface area contributed by atoms with Crippen molar-refractivity contribution in [3.05, 3.63) is 12.3 Å². The van der Waals surface area contributed by atoms with Crippen LogP contribution in [0.2, 0.25) is 0 Å². The van der Waals surface area contributed by atoms with Gasteiger partial charge in [-0.25, -0.2) is 0 Å². The molecule has 0 bridgehead atoms. The Kier molecular flexibility index (Phi) is 20.5. The Balaban J connectivity index is 0.00000784. The SMILES string of the molecule is CCCCCC[C-](CCCCCC)C(CCC)C(CCC)C1[CH-]CC(C)CC1.[Y]. The molecular formula is C28H54Y-2. The van der Waals surface area contributed by atoms with E-state index in [0.717, 1.165) is 23.7 Å². The molecule has 1 radical (unpaired) electrons. The quantitative estimate of drug-likeness (QED) is 0.144. The third-order valence-corrected chi connectivity index (χ3v) is 7.35. The summed E-state index contributed by atoms with van der Waals surface area (Å²) >= 11 is 0. The molecule has 4 unspecified atom stereocenters. The summed E-state index contributed by atoms with van der Waals surface area (Å²) in [6.45, 7) is 12.0. The van der Waals surface area contributed by atoms with Gasteiger partial charge >= 0.3 is 0 Å². The molecule has 0 nitrogen and oxygen atoms in total. The third-order valence-electron chi connectivity index (χ3n) is 7.35. The van der Waals surface area contributed by atoms with Gasteiger partial charge in [0.15, 0.2) is 0 Å². The summed E-state index contributed by atoms with van der Waals surface area (Å²) in [4.78, 5) is 0. The minimum absolute atomic E-state index is 0. The Morgan fingerprint density at radius 3 is 1.79 bits per heavy atom. The summed E-state index contributed by atoms with van der Waals surface area (Å²) in [6, 6.07) is 0. The first-order chi connectivity index (χ1) is 13.7. The Labute approximate surface area is 211 Å². The van der Waals surface area contributed by atoms with E-state index in [1.54, 1.807) is 0 Å². The van der Waals surface area contributed by atoms with Crippen molar-refractivity contribution in [2.24, 2.45) is 23.7 Å². The fourth-order valence-corrected chi connectivity index (χ4v) is 5.64. The van der Waals surface area contributed by atoms with Crippen LogP contribution in [0.3, 0.4) is 0 Å². The van der Waals surface area contributed by atoms with Gasteiger partial charge in [-0.3, -0.25) is 0 Å². The number of hydrogen-bond acceptors (Lipinski definition) is 0. The summed E-state index contributed by atoms with van der Waals surface area (Å²) in [7, 11) is 0. The van der Waals surface area contributed by atoms with Gasteiger partial charge in [-0.1, -0.05) is 136 Å². The number of hydrogen-bond donors (Lipinski definition) is 0.